The second kappa shape index (κ2) is 11.1. The van der Waals surface area contributed by atoms with Crippen LogP contribution in [0.2, 0.25) is 0 Å². The Morgan fingerprint density at radius 2 is 1.66 bits per heavy atom. The van der Waals surface area contributed by atoms with Gasteiger partial charge in [-0.05, 0) is 87.6 Å². The van der Waals surface area contributed by atoms with Gasteiger partial charge in [0.2, 0.25) is 5.95 Å². The summed E-state index contributed by atoms with van der Waals surface area (Å²) in [4.78, 5) is 20.2. The Morgan fingerprint density at radius 3 is 2.39 bits per heavy atom. The van der Waals surface area contributed by atoms with E-state index in [-0.39, 0.29) is 5.82 Å². The number of hydrogen-bond donors (Lipinski definition) is 2. The number of nitrogens with one attached hydrogen (secondary N) is 2. The molecule has 0 unspecified atom stereocenters. The third kappa shape index (κ3) is 5.55. The number of anilines is 3. The Hall–Kier alpha value is -3.40. The lowest BCUT2D eigenvalue weighted by Gasteiger charge is -2.34. The number of piperazine rings is 1. The average Bonchev–Trinajstić information content (AvgIpc) is 3.41. The standard InChI is InChI=1S/C29H32FN7S/c1-36-16-18-37(19-17-36)24-8-6-23(7-9-24)33-29-32-15-12-25(34-29)27-26(20-2-4-22(30)5-3-20)35-28(38-27)21-10-13-31-14-11-21/h2-9,12,15,21,31H,10-11,13-14,16-19H2,1H3,(H,32,33,34). The monoisotopic (exact) mass is 529 g/mol. The summed E-state index contributed by atoms with van der Waals surface area (Å²) >= 11 is 1.69. The fourth-order valence-electron chi connectivity index (χ4n) is 5.05. The van der Waals surface area contributed by atoms with E-state index in [1.54, 1.807) is 29.7 Å². The molecule has 2 fully saturated rings. The number of aromatic nitrogens is 3. The van der Waals surface area contributed by atoms with Gasteiger partial charge in [0.15, 0.2) is 0 Å². The van der Waals surface area contributed by atoms with Crippen LogP contribution in [0.5, 0.6) is 0 Å². The second-order valence-corrected chi connectivity index (χ2v) is 11.0. The summed E-state index contributed by atoms with van der Waals surface area (Å²) in [5.41, 5.74) is 4.74. The number of thiazole rings is 1. The molecule has 6 rings (SSSR count). The van der Waals surface area contributed by atoms with E-state index in [1.807, 2.05) is 6.07 Å². The van der Waals surface area contributed by atoms with E-state index in [0.717, 1.165) is 84.6 Å². The SMILES string of the molecule is CN1CCN(c2ccc(Nc3nccc(-c4sc(C5CCNCC5)nc4-c4ccc(F)cc4)n3)cc2)CC1. The Labute approximate surface area is 226 Å². The molecule has 196 valence electrons. The topological polar surface area (TPSA) is 69.2 Å². The van der Waals surface area contributed by atoms with Crippen molar-refractivity contribution < 1.29 is 4.39 Å². The van der Waals surface area contributed by atoms with Crippen molar-refractivity contribution in [3.8, 4) is 21.8 Å². The normalized spacial score (nSPS) is 17.1. The van der Waals surface area contributed by atoms with Crippen molar-refractivity contribution in [1.29, 1.82) is 0 Å². The van der Waals surface area contributed by atoms with Gasteiger partial charge in [-0.25, -0.2) is 19.3 Å². The van der Waals surface area contributed by atoms with Crippen LogP contribution in [0.25, 0.3) is 21.8 Å². The van der Waals surface area contributed by atoms with Crippen LogP contribution < -0.4 is 15.5 Å². The molecule has 2 saturated heterocycles. The highest BCUT2D eigenvalue weighted by atomic mass is 32.1. The summed E-state index contributed by atoms with van der Waals surface area (Å²) < 4.78 is 13.7. The van der Waals surface area contributed by atoms with E-state index in [4.69, 9.17) is 9.97 Å². The minimum atomic E-state index is -0.253. The Bertz CT molecular complexity index is 1360. The summed E-state index contributed by atoms with van der Waals surface area (Å²) in [6.45, 7) is 6.24. The minimum Gasteiger partial charge on any atom is -0.369 e. The summed E-state index contributed by atoms with van der Waals surface area (Å²) in [5.74, 6) is 0.709. The lowest BCUT2D eigenvalue weighted by atomic mass is 9.99. The van der Waals surface area contributed by atoms with E-state index in [0.29, 0.717) is 11.9 Å². The molecular formula is C29H32FN7S. The first-order valence-electron chi connectivity index (χ1n) is 13.2. The highest BCUT2D eigenvalue weighted by molar-refractivity contribution is 7.15. The Morgan fingerprint density at radius 1 is 0.921 bits per heavy atom. The summed E-state index contributed by atoms with van der Waals surface area (Å²) in [6.07, 6.45) is 3.91. The number of piperidine rings is 1. The van der Waals surface area contributed by atoms with Gasteiger partial charge in [0.05, 0.1) is 21.3 Å². The number of benzene rings is 2. The molecule has 0 spiro atoms. The van der Waals surface area contributed by atoms with Crippen LogP contribution in [0, 0.1) is 5.82 Å². The molecule has 0 amide bonds. The van der Waals surface area contributed by atoms with E-state index in [2.05, 4.69) is 56.7 Å². The first kappa shape index (κ1) is 24.9. The van der Waals surface area contributed by atoms with Gasteiger partial charge in [-0.15, -0.1) is 11.3 Å². The van der Waals surface area contributed by atoms with Crippen LogP contribution in [0.4, 0.5) is 21.7 Å². The van der Waals surface area contributed by atoms with Gasteiger partial charge >= 0.3 is 0 Å². The highest BCUT2D eigenvalue weighted by Crippen LogP contribution is 2.40. The van der Waals surface area contributed by atoms with Crippen LogP contribution >= 0.6 is 11.3 Å². The van der Waals surface area contributed by atoms with Crippen LogP contribution in [-0.2, 0) is 0 Å². The van der Waals surface area contributed by atoms with E-state index >= 15 is 0 Å². The van der Waals surface area contributed by atoms with Gasteiger partial charge in [0, 0.05) is 55.2 Å². The fraction of sp³-hybridized carbons (Fsp3) is 0.345. The highest BCUT2D eigenvalue weighted by Gasteiger charge is 2.23. The molecule has 4 heterocycles. The largest absolute Gasteiger partial charge is 0.369 e. The van der Waals surface area contributed by atoms with Crippen molar-refractivity contribution in [2.45, 2.75) is 18.8 Å². The molecule has 2 aromatic carbocycles. The quantitative estimate of drug-likeness (QED) is 0.348. The molecular weight excluding hydrogens is 497 g/mol. The molecule has 0 aliphatic carbocycles. The van der Waals surface area contributed by atoms with E-state index in [9.17, 15) is 4.39 Å². The van der Waals surface area contributed by atoms with Gasteiger partial charge in [0.1, 0.15) is 5.82 Å². The number of likely N-dealkylation sites (N-methyl/N-ethyl adjacent to an activating group) is 1. The molecule has 7 nitrogen and oxygen atoms in total. The predicted octanol–water partition coefficient (Wildman–Crippen LogP) is 5.37. The van der Waals surface area contributed by atoms with Crippen molar-refractivity contribution in [3.05, 3.63) is 71.6 Å². The predicted molar refractivity (Wildman–Crippen MR) is 153 cm³/mol. The molecule has 38 heavy (non-hydrogen) atoms. The van der Waals surface area contributed by atoms with Gasteiger partial charge in [-0.1, -0.05) is 0 Å². The lowest BCUT2D eigenvalue weighted by molar-refractivity contribution is 0.313. The second-order valence-electron chi connectivity index (χ2n) is 9.99. The maximum absolute atomic E-state index is 13.7. The lowest BCUT2D eigenvalue weighted by Crippen LogP contribution is -2.44. The van der Waals surface area contributed by atoms with Crippen molar-refractivity contribution in [3.63, 3.8) is 0 Å². The van der Waals surface area contributed by atoms with Gasteiger partial charge < -0.3 is 20.4 Å². The molecule has 2 aliphatic heterocycles. The average molecular weight is 530 g/mol. The Balaban J connectivity index is 1.26. The maximum Gasteiger partial charge on any atom is 0.227 e. The number of hydrogen-bond acceptors (Lipinski definition) is 8. The van der Waals surface area contributed by atoms with Gasteiger partial charge in [-0.2, -0.15) is 0 Å². The first-order valence-corrected chi connectivity index (χ1v) is 14.1. The summed E-state index contributed by atoms with van der Waals surface area (Å²) in [5, 5.41) is 7.92. The molecule has 0 saturated carbocycles. The number of halogens is 1. The molecule has 2 aliphatic rings. The van der Waals surface area contributed by atoms with Gasteiger partial charge in [0.25, 0.3) is 0 Å². The molecule has 9 heteroatoms. The van der Waals surface area contributed by atoms with Crippen molar-refractivity contribution >= 4 is 28.7 Å². The summed E-state index contributed by atoms with van der Waals surface area (Å²) in [7, 11) is 2.17. The maximum atomic E-state index is 13.7. The van der Waals surface area contributed by atoms with Crippen molar-refractivity contribution in [2.75, 3.05) is 56.5 Å². The number of rotatable bonds is 6. The first-order chi connectivity index (χ1) is 18.6. The zero-order valence-corrected chi connectivity index (χ0v) is 22.3. The Kier molecular flexibility index (Phi) is 7.31. The number of nitrogens with zero attached hydrogens (tertiary/aromatic N) is 5. The molecule has 2 aromatic heterocycles. The zero-order valence-electron chi connectivity index (χ0n) is 21.5. The van der Waals surface area contributed by atoms with Crippen LogP contribution in [-0.4, -0.2) is 66.2 Å². The molecule has 0 radical (unpaired) electrons. The third-order valence-corrected chi connectivity index (χ3v) is 8.57. The minimum absolute atomic E-state index is 0.253. The van der Waals surface area contributed by atoms with Crippen LogP contribution in [0.3, 0.4) is 0 Å². The molecule has 2 N–H and O–H groups in total. The van der Waals surface area contributed by atoms with Crippen molar-refractivity contribution in [2.24, 2.45) is 0 Å². The smallest absolute Gasteiger partial charge is 0.227 e. The van der Waals surface area contributed by atoms with E-state index in [1.165, 1.54) is 17.8 Å². The zero-order chi connectivity index (χ0) is 25.9. The van der Waals surface area contributed by atoms with Crippen molar-refractivity contribution in [1.82, 2.24) is 25.2 Å². The molecule has 4 aromatic rings. The van der Waals surface area contributed by atoms with Crippen LogP contribution in [0.15, 0.2) is 60.8 Å². The van der Waals surface area contributed by atoms with Gasteiger partial charge in [-0.3, -0.25) is 0 Å². The van der Waals surface area contributed by atoms with Crippen LogP contribution in [0.1, 0.15) is 23.8 Å². The summed E-state index contributed by atoms with van der Waals surface area (Å²) in [6, 6.07) is 16.9. The third-order valence-electron chi connectivity index (χ3n) is 7.33. The van der Waals surface area contributed by atoms with E-state index < -0.39 is 0 Å². The fourth-order valence-corrected chi connectivity index (χ4v) is 6.28. The molecule has 0 atom stereocenters. The molecule has 0 bridgehead atoms.